The fourth-order valence-corrected chi connectivity index (χ4v) is 10.8. The number of aromatic amines is 4. The summed E-state index contributed by atoms with van der Waals surface area (Å²) in [4.78, 5) is 88.7. The minimum Gasteiger partial charge on any atom is -0.352 e. The van der Waals surface area contributed by atoms with Crippen LogP contribution >= 0.6 is 0 Å². The Bertz CT molecular complexity index is 4210. The molecule has 0 unspecified atom stereocenters. The van der Waals surface area contributed by atoms with Crippen LogP contribution in [0, 0.1) is 0 Å². The Morgan fingerprint density at radius 1 is 0.303 bits per heavy atom. The number of aromatic nitrogens is 8. The van der Waals surface area contributed by atoms with Crippen molar-refractivity contribution in [1.82, 2.24) is 70.9 Å². The van der Waals surface area contributed by atoms with Gasteiger partial charge < -0.3 is 51.0 Å². The summed E-state index contributed by atoms with van der Waals surface area (Å²) in [6.07, 6.45) is 4.68. The zero-order chi connectivity index (χ0) is 61.4. The van der Waals surface area contributed by atoms with Crippen molar-refractivity contribution in [2.24, 2.45) is 0 Å². The molecule has 4 heterocycles. The fraction of sp³-hybridized carbons (Fsp3) is 0.211. The number of nitrogens with zero attached hydrogens (tertiary/aromatic N) is 6. The molecule has 4 amide bonds. The first-order valence-electron chi connectivity index (χ1n) is 30.2. The van der Waals surface area contributed by atoms with Crippen LogP contribution in [0.1, 0.15) is 73.5 Å². The number of amides is 4. The molecule has 0 atom stereocenters. The summed E-state index contributed by atoms with van der Waals surface area (Å²) in [6.45, 7) is 3.88. The molecule has 0 aliphatic heterocycles. The van der Waals surface area contributed by atoms with Gasteiger partial charge in [0.1, 0.15) is 23.3 Å². The van der Waals surface area contributed by atoms with Gasteiger partial charge in [-0.1, -0.05) is 92.1 Å². The molecule has 0 fully saturated rings. The minimum atomic E-state index is -0.112. The van der Waals surface area contributed by atoms with E-state index in [1.165, 1.54) is 0 Å². The standard InChI is InChI=1S/C71H70N14O4/c1-84(2)38-36-74-70(88)50-22-14-46(15-23-50)66-78-58-32-28-54(42-62(58)82-66)52-26-30-56-60(40-52)80-64(76-56)44-10-18-48(19-11-44)68(86)72-34-8-6-5-7-9-35-73-69(87)49-20-12-45(13-21-49)65-77-57-31-27-53(41-61(57)81-65)55-29-33-59-63(43-55)83-67(79-59)47-16-24-51(25-17-47)71(89)75-37-39-85(3)4/h10-33,40-43H,5-9,34-39H2,1-4H3,(H,72,86)(H,73,87)(H,74,88)(H,75,89)(H,76,80)(H,77,81)(H,78,82)(H,79,83). The summed E-state index contributed by atoms with van der Waals surface area (Å²) in [6, 6.07) is 54.6. The van der Waals surface area contributed by atoms with Gasteiger partial charge in [0.05, 0.1) is 44.1 Å². The van der Waals surface area contributed by atoms with Crippen molar-refractivity contribution in [3.05, 3.63) is 192 Å². The van der Waals surface area contributed by atoms with Crippen molar-refractivity contribution in [3.63, 3.8) is 0 Å². The summed E-state index contributed by atoms with van der Waals surface area (Å²) >= 11 is 0. The lowest BCUT2D eigenvalue weighted by Crippen LogP contribution is -2.31. The van der Waals surface area contributed by atoms with Gasteiger partial charge in [-0.15, -0.1) is 0 Å². The number of hydrogen-bond acceptors (Lipinski definition) is 10. The monoisotopic (exact) mass is 1180 g/mol. The number of benzene rings is 8. The zero-order valence-corrected chi connectivity index (χ0v) is 50.3. The third-order valence-corrected chi connectivity index (χ3v) is 15.9. The molecule has 448 valence electrons. The number of hydrogen-bond donors (Lipinski definition) is 8. The van der Waals surface area contributed by atoms with Gasteiger partial charge >= 0.3 is 0 Å². The second kappa shape index (κ2) is 26.6. The number of unbranched alkanes of at least 4 members (excludes halogenated alkanes) is 4. The molecular weight excluding hydrogens is 1110 g/mol. The number of rotatable bonds is 24. The molecule has 0 radical (unpaired) electrons. The normalized spacial score (nSPS) is 11.6. The maximum atomic E-state index is 13.1. The maximum Gasteiger partial charge on any atom is 0.251 e. The van der Waals surface area contributed by atoms with Crippen molar-refractivity contribution in [3.8, 4) is 67.8 Å². The minimum absolute atomic E-state index is 0.0982. The fourth-order valence-electron chi connectivity index (χ4n) is 10.8. The first-order valence-corrected chi connectivity index (χ1v) is 30.2. The quantitative estimate of drug-likeness (QED) is 0.0266. The van der Waals surface area contributed by atoms with Crippen LogP contribution in [0.3, 0.4) is 0 Å². The second-order valence-electron chi connectivity index (χ2n) is 23.0. The Morgan fingerprint density at radius 2 is 0.528 bits per heavy atom. The van der Waals surface area contributed by atoms with Crippen molar-refractivity contribution in [2.75, 3.05) is 67.5 Å². The van der Waals surface area contributed by atoms with Gasteiger partial charge in [0.25, 0.3) is 23.6 Å². The largest absolute Gasteiger partial charge is 0.352 e. The average Bonchev–Trinajstić information content (AvgIpc) is 2.40. The maximum absolute atomic E-state index is 13.1. The number of carbonyl (C=O) groups excluding carboxylic acids is 4. The van der Waals surface area contributed by atoms with Crippen LogP contribution in [0.15, 0.2) is 170 Å². The lowest BCUT2D eigenvalue weighted by atomic mass is 10.0. The van der Waals surface area contributed by atoms with Crippen molar-refractivity contribution >= 4 is 67.8 Å². The molecule has 12 aromatic rings. The smallest absolute Gasteiger partial charge is 0.251 e. The molecular formula is C71H70N14O4. The number of likely N-dealkylation sites (N-methyl/N-ethyl adjacent to an activating group) is 2. The van der Waals surface area contributed by atoms with E-state index in [-0.39, 0.29) is 23.6 Å². The molecule has 8 N–H and O–H groups in total. The van der Waals surface area contributed by atoms with E-state index >= 15 is 0 Å². The van der Waals surface area contributed by atoms with Crippen molar-refractivity contribution < 1.29 is 19.2 Å². The molecule has 89 heavy (non-hydrogen) atoms. The van der Waals surface area contributed by atoms with Crippen LogP contribution in [-0.2, 0) is 0 Å². The summed E-state index contributed by atoms with van der Waals surface area (Å²) in [5, 5.41) is 12.0. The number of fused-ring (bicyclic) bond motifs is 4. The predicted molar refractivity (Wildman–Crippen MR) is 354 cm³/mol. The predicted octanol–water partition coefficient (Wildman–Crippen LogP) is 11.9. The highest BCUT2D eigenvalue weighted by Crippen LogP contribution is 2.32. The van der Waals surface area contributed by atoms with E-state index in [0.717, 1.165) is 157 Å². The third-order valence-electron chi connectivity index (χ3n) is 15.9. The lowest BCUT2D eigenvalue weighted by molar-refractivity contribution is 0.0942. The molecule has 0 bridgehead atoms. The Labute approximate surface area is 515 Å². The van der Waals surface area contributed by atoms with Gasteiger partial charge in [-0.25, -0.2) is 19.9 Å². The summed E-state index contributed by atoms with van der Waals surface area (Å²) in [5.41, 5.74) is 17.0. The summed E-state index contributed by atoms with van der Waals surface area (Å²) < 4.78 is 0. The van der Waals surface area contributed by atoms with Crippen LogP contribution in [-0.4, -0.2) is 141 Å². The van der Waals surface area contributed by atoms with Gasteiger partial charge in [-0.3, -0.25) is 19.2 Å². The van der Waals surface area contributed by atoms with Gasteiger partial charge in [-0.2, -0.15) is 0 Å². The highest BCUT2D eigenvalue weighted by atomic mass is 16.2. The molecule has 0 spiro atoms. The molecule has 0 aliphatic rings. The Hall–Kier alpha value is -10.6. The molecule has 18 heteroatoms. The van der Waals surface area contributed by atoms with E-state index in [2.05, 4.69) is 89.7 Å². The van der Waals surface area contributed by atoms with Crippen LogP contribution in [0.5, 0.6) is 0 Å². The third kappa shape index (κ3) is 14.0. The van der Waals surface area contributed by atoms with Crippen LogP contribution in [0.4, 0.5) is 0 Å². The first kappa shape index (κ1) is 58.8. The highest BCUT2D eigenvalue weighted by molar-refractivity contribution is 5.98. The van der Waals surface area contributed by atoms with Gasteiger partial charge in [-0.05, 0) is 160 Å². The Kier molecular flexibility index (Phi) is 17.6. The molecule has 12 rings (SSSR count). The number of imidazole rings is 4. The number of carbonyl (C=O) groups is 4. The van der Waals surface area contributed by atoms with Crippen LogP contribution < -0.4 is 21.3 Å². The molecule has 18 nitrogen and oxygen atoms in total. The SMILES string of the molecule is CN(C)CCNC(=O)c1ccc(-c2nc3cc(-c4ccc5[nH]c(-c6ccc(C(=O)NCCCCCCCNC(=O)c7ccc(-c8nc9cc(-c%10ccc%11[nH]c(-c%12ccc(C(=O)NCCN(C)C)cc%12)nc%11c%10)ccc9[nH]8)cc7)cc6)nc5c4)ccc3[nH]2)cc1. The molecule has 0 aliphatic carbocycles. The van der Waals surface area contributed by atoms with Gasteiger partial charge in [0.15, 0.2) is 0 Å². The average molecular weight is 1180 g/mol. The summed E-state index contributed by atoms with van der Waals surface area (Å²) in [7, 11) is 7.90. The van der Waals surface area contributed by atoms with Gasteiger partial charge in [0, 0.05) is 83.8 Å². The van der Waals surface area contributed by atoms with Crippen LogP contribution in [0.25, 0.3) is 112 Å². The van der Waals surface area contributed by atoms with Crippen molar-refractivity contribution in [2.45, 2.75) is 32.1 Å². The van der Waals surface area contributed by atoms with E-state index in [0.29, 0.717) is 48.4 Å². The van der Waals surface area contributed by atoms with Crippen molar-refractivity contribution in [1.29, 1.82) is 0 Å². The topological polar surface area (TPSA) is 238 Å². The number of H-pyrrole nitrogens is 4. The van der Waals surface area contributed by atoms with E-state index in [4.69, 9.17) is 19.9 Å². The summed E-state index contributed by atoms with van der Waals surface area (Å²) in [5.74, 6) is 2.48. The molecule has 0 saturated heterocycles. The molecule has 8 aromatic carbocycles. The number of nitrogens with one attached hydrogen (secondary N) is 8. The van der Waals surface area contributed by atoms with E-state index in [9.17, 15) is 19.2 Å². The zero-order valence-electron chi connectivity index (χ0n) is 50.3. The second-order valence-corrected chi connectivity index (χ2v) is 23.0. The Balaban J connectivity index is 0.554. The van der Waals surface area contributed by atoms with E-state index < -0.39 is 0 Å². The first-order chi connectivity index (χ1) is 43.3. The molecule has 4 aromatic heterocycles. The van der Waals surface area contributed by atoms with E-state index in [1.54, 1.807) is 0 Å². The lowest BCUT2D eigenvalue weighted by Gasteiger charge is -2.10. The Morgan fingerprint density at radius 3 is 0.775 bits per heavy atom. The molecule has 0 saturated carbocycles. The highest BCUT2D eigenvalue weighted by Gasteiger charge is 2.16. The van der Waals surface area contributed by atoms with Crippen LogP contribution in [0.2, 0.25) is 0 Å². The van der Waals surface area contributed by atoms with Gasteiger partial charge in [0.2, 0.25) is 0 Å². The van der Waals surface area contributed by atoms with E-state index in [1.807, 2.05) is 159 Å².